The van der Waals surface area contributed by atoms with E-state index >= 15 is 0 Å². The van der Waals surface area contributed by atoms with Crippen molar-refractivity contribution in [1.82, 2.24) is 5.32 Å². The normalized spacial score (nSPS) is 11.8. The van der Waals surface area contributed by atoms with Crippen LogP contribution in [-0.2, 0) is 4.79 Å². The lowest BCUT2D eigenvalue weighted by Gasteiger charge is -2.17. The van der Waals surface area contributed by atoms with Gasteiger partial charge >= 0.3 is 5.97 Å². The van der Waals surface area contributed by atoms with Gasteiger partial charge in [-0.2, -0.15) is 11.3 Å². The Kier molecular flexibility index (Phi) is 4.53. The van der Waals surface area contributed by atoms with Crippen molar-refractivity contribution in [2.75, 3.05) is 0 Å². The third-order valence-corrected chi connectivity index (χ3v) is 3.63. The molecule has 104 valence electrons. The molecule has 2 rings (SSSR count). The van der Waals surface area contributed by atoms with Crippen LogP contribution in [0.4, 0.5) is 0 Å². The molecular formula is C15H15NO3S. The fraction of sp³-hybridized carbons (Fsp3) is 0.200. The van der Waals surface area contributed by atoms with E-state index in [1.807, 2.05) is 36.6 Å². The van der Waals surface area contributed by atoms with E-state index < -0.39 is 12.0 Å². The average molecular weight is 289 g/mol. The van der Waals surface area contributed by atoms with Gasteiger partial charge < -0.3 is 10.4 Å². The number of thiophene rings is 1. The number of carboxylic acid groups (broad SMARTS) is 1. The number of carbonyl (C=O) groups excluding carboxylic acids is 1. The molecule has 0 aliphatic rings. The monoisotopic (exact) mass is 289 g/mol. The van der Waals surface area contributed by atoms with Gasteiger partial charge in [0.15, 0.2) is 0 Å². The van der Waals surface area contributed by atoms with Gasteiger partial charge in [-0.05, 0) is 23.9 Å². The van der Waals surface area contributed by atoms with Gasteiger partial charge in [0, 0.05) is 5.38 Å². The molecule has 0 fully saturated rings. The Morgan fingerprint density at radius 1 is 1.25 bits per heavy atom. The zero-order valence-corrected chi connectivity index (χ0v) is 11.8. The number of carbonyl (C=O) groups is 2. The van der Waals surface area contributed by atoms with Crippen LogP contribution < -0.4 is 5.32 Å². The second kappa shape index (κ2) is 6.34. The lowest BCUT2D eigenvalue weighted by molar-refractivity contribution is -0.137. The van der Waals surface area contributed by atoms with Crippen LogP contribution in [0.15, 0.2) is 41.1 Å². The molecule has 2 aromatic rings. The summed E-state index contributed by atoms with van der Waals surface area (Å²) >= 11 is 1.43. The molecule has 0 aliphatic heterocycles. The molecule has 0 spiro atoms. The van der Waals surface area contributed by atoms with Crippen LogP contribution >= 0.6 is 11.3 Å². The molecule has 0 radical (unpaired) electrons. The second-order valence-electron chi connectivity index (χ2n) is 4.55. The standard InChI is InChI=1S/C15H15NO3S/c1-10-2-4-11(5-3-10)13(8-14(17)18)16-15(19)12-6-7-20-9-12/h2-7,9,13H,8H2,1H3,(H,16,19)(H,17,18)/t13-/m0/s1. The van der Waals surface area contributed by atoms with Crippen LogP contribution in [0, 0.1) is 6.92 Å². The zero-order chi connectivity index (χ0) is 14.5. The molecule has 0 unspecified atom stereocenters. The minimum atomic E-state index is -0.943. The highest BCUT2D eigenvalue weighted by Gasteiger charge is 2.18. The lowest BCUT2D eigenvalue weighted by Crippen LogP contribution is -2.29. The smallest absolute Gasteiger partial charge is 0.305 e. The molecule has 0 aliphatic carbocycles. The van der Waals surface area contributed by atoms with Crippen LogP contribution in [0.2, 0.25) is 0 Å². The Morgan fingerprint density at radius 3 is 2.50 bits per heavy atom. The first-order valence-electron chi connectivity index (χ1n) is 6.17. The molecule has 20 heavy (non-hydrogen) atoms. The molecular weight excluding hydrogens is 274 g/mol. The number of rotatable bonds is 5. The van der Waals surface area contributed by atoms with Crippen LogP contribution in [-0.4, -0.2) is 17.0 Å². The average Bonchev–Trinajstić information content (AvgIpc) is 2.92. The minimum absolute atomic E-state index is 0.140. The Morgan fingerprint density at radius 2 is 1.95 bits per heavy atom. The van der Waals surface area contributed by atoms with Gasteiger partial charge in [0.1, 0.15) is 0 Å². The van der Waals surface area contributed by atoms with Crippen molar-refractivity contribution in [3.05, 3.63) is 57.8 Å². The molecule has 4 nitrogen and oxygen atoms in total. The molecule has 2 N–H and O–H groups in total. The maximum absolute atomic E-state index is 12.0. The third kappa shape index (κ3) is 3.68. The summed E-state index contributed by atoms with van der Waals surface area (Å²) < 4.78 is 0. The number of aryl methyl sites for hydroxylation is 1. The maximum atomic E-state index is 12.0. The van der Waals surface area contributed by atoms with Crippen LogP contribution in [0.25, 0.3) is 0 Å². The van der Waals surface area contributed by atoms with Crippen LogP contribution in [0.5, 0.6) is 0 Å². The number of carboxylic acids is 1. The van der Waals surface area contributed by atoms with Gasteiger partial charge in [-0.25, -0.2) is 0 Å². The van der Waals surface area contributed by atoms with Gasteiger partial charge in [-0.3, -0.25) is 9.59 Å². The molecule has 0 saturated heterocycles. The summed E-state index contributed by atoms with van der Waals surface area (Å²) in [6.45, 7) is 1.96. The number of hydrogen-bond acceptors (Lipinski definition) is 3. The van der Waals surface area contributed by atoms with E-state index in [0.29, 0.717) is 5.56 Å². The largest absolute Gasteiger partial charge is 0.481 e. The van der Waals surface area contributed by atoms with Crippen LogP contribution in [0.3, 0.4) is 0 Å². The fourth-order valence-corrected chi connectivity index (χ4v) is 2.50. The van der Waals surface area contributed by atoms with Gasteiger partial charge in [0.2, 0.25) is 0 Å². The van der Waals surface area contributed by atoms with E-state index in [4.69, 9.17) is 5.11 Å². The van der Waals surface area contributed by atoms with Crippen molar-refractivity contribution in [3.8, 4) is 0 Å². The van der Waals surface area contributed by atoms with Crippen molar-refractivity contribution >= 4 is 23.2 Å². The van der Waals surface area contributed by atoms with E-state index in [9.17, 15) is 9.59 Å². The first kappa shape index (κ1) is 14.3. The number of benzene rings is 1. The zero-order valence-electron chi connectivity index (χ0n) is 11.0. The SMILES string of the molecule is Cc1ccc([C@H](CC(=O)O)NC(=O)c2ccsc2)cc1. The summed E-state index contributed by atoms with van der Waals surface area (Å²) in [5.41, 5.74) is 2.44. The van der Waals surface area contributed by atoms with Crippen LogP contribution in [0.1, 0.15) is 33.9 Å². The summed E-state index contributed by atoms with van der Waals surface area (Å²) in [5, 5.41) is 15.3. The summed E-state index contributed by atoms with van der Waals surface area (Å²) in [4.78, 5) is 23.0. The predicted octanol–water partition coefficient (Wildman–Crippen LogP) is 3.00. The highest BCUT2D eigenvalue weighted by molar-refractivity contribution is 7.08. The molecule has 1 heterocycles. The Balaban J connectivity index is 2.17. The molecule has 0 saturated carbocycles. The first-order valence-corrected chi connectivity index (χ1v) is 7.12. The third-order valence-electron chi connectivity index (χ3n) is 2.95. The quantitative estimate of drug-likeness (QED) is 0.889. The van der Waals surface area contributed by atoms with E-state index in [-0.39, 0.29) is 12.3 Å². The Bertz CT molecular complexity index is 590. The number of nitrogens with one attached hydrogen (secondary N) is 1. The van der Waals surface area contributed by atoms with E-state index in [1.165, 1.54) is 11.3 Å². The predicted molar refractivity (Wildman–Crippen MR) is 78.0 cm³/mol. The fourth-order valence-electron chi connectivity index (χ4n) is 1.86. The van der Waals surface area contributed by atoms with E-state index in [0.717, 1.165) is 11.1 Å². The highest BCUT2D eigenvalue weighted by atomic mass is 32.1. The summed E-state index contributed by atoms with van der Waals surface area (Å²) in [5.74, 6) is -1.20. The minimum Gasteiger partial charge on any atom is -0.481 e. The van der Waals surface area contributed by atoms with Crippen molar-refractivity contribution in [1.29, 1.82) is 0 Å². The van der Waals surface area contributed by atoms with Gasteiger partial charge in [0.05, 0.1) is 18.0 Å². The van der Waals surface area contributed by atoms with E-state index in [2.05, 4.69) is 5.32 Å². The van der Waals surface area contributed by atoms with Crippen molar-refractivity contribution in [2.24, 2.45) is 0 Å². The summed E-state index contributed by atoms with van der Waals surface area (Å²) in [7, 11) is 0. The maximum Gasteiger partial charge on any atom is 0.305 e. The van der Waals surface area contributed by atoms with Crippen molar-refractivity contribution in [2.45, 2.75) is 19.4 Å². The van der Waals surface area contributed by atoms with Crippen molar-refractivity contribution in [3.63, 3.8) is 0 Å². The summed E-state index contributed by atoms with van der Waals surface area (Å²) in [6, 6.07) is 8.68. The van der Waals surface area contributed by atoms with Gasteiger partial charge in [-0.1, -0.05) is 29.8 Å². The first-order chi connectivity index (χ1) is 9.56. The van der Waals surface area contributed by atoms with Gasteiger partial charge in [0.25, 0.3) is 5.91 Å². The highest BCUT2D eigenvalue weighted by Crippen LogP contribution is 2.19. The second-order valence-corrected chi connectivity index (χ2v) is 5.33. The van der Waals surface area contributed by atoms with Gasteiger partial charge in [-0.15, -0.1) is 0 Å². The topological polar surface area (TPSA) is 66.4 Å². The Labute approximate surface area is 121 Å². The van der Waals surface area contributed by atoms with Crippen molar-refractivity contribution < 1.29 is 14.7 Å². The molecule has 5 heteroatoms. The summed E-state index contributed by atoms with van der Waals surface area (Å²) in [6.07, 6.45) is -0.140. The van der Waals surface area contributed by atoms with E-state index in [1.54, 1.807) is 11.4 Å². The molecule has 1 amide bonds. The molecule has 1 atom stereocenters. The number of amides is 1. The Hall–Kier alpha value is -2.14. The molecule has 1 aromatic heterocycles. The number of hydrogen-bond donors (Lipinski definition) is 2. The lowest BCUT2D eigenvalue weighted by atomic mass is 10.0. The number of aliphatic carboxylic acids is 1. The molecule has 1 aromatic carbocycles. The molecule has 0 bridgehead atoms.